The molecule has 0 bridgehead atoms. The van der Waals surface area contributed by atoms with E-state index in [9.17, 15) is 19.2 Å². The maximum atomic E-state index is 12.1. The molecule has 0 radical (unpaired) electrons. The Morgan fingerprint density at radius 1 is 1.32 bits per heavy atom. The predicted molar refractivity (Wildman–Crippen MR) is 84.4 cm³/mol. The van der Waals surface area contributed by atoms with Crippen LogP contribution in [0.15, 0.2) is 12.2 Å². The Morgan fingerprint density at radius 3 is 2.56 bits per heavy atom. The second-order valence-electron chi connectivity index (χ2n) is 6.15. The Bertz CT molecular complexity index is 554. The first-order valence-corrected chi connectivity index (χ1v) is 7.74. The fourth-order valence-electron chi connectivity index (χ4n) is 1.65. The number of alkyl carbamates (subject to hydrolysis) is 1. The van der Waals surface area contributed by atoms with Crippen LogP contribution in [0, 0.1) is 5.41 Å². The van der Waals surface area contributed by atoms with Gasteiger partial charge in [-0.15, -0.1) is 0 Å². The molecule has 9 nitrogen and oxygen atoms in total. The van der Waals surface area contributed by atoms with Crippen molar-refractivity contribution in [1.82, 2.24) is 5.32 Å². The first kappa shape index (κ1) is 20.5. The van der Waals surface area contributed by atoms with E-state index in [0.29, 0.717) is 6.42 Å². The number of carbonyl (C=O) groups excluding carboxylic acids is 4. The monoisotopic (exact) mass is 357 g/mol. The Morgan fingerprint density at radius 2 is 2.00 bits per heavy atom. The number of cyclic esters (lactones) is 1. The molecule has 0 aliphatic carbocycles. The largest absolute Gasteiger partial charge is 0.463 e. The first-order valence-electron chi connectivity index (χ1n) is 7.74. The Hall–Kier alpha value is -2.58. The van der Waals surface area contributed by atoms with Crippen LogP contribution in [0.5, 0.6) is 0 Å². The standard InChI is InChI=1S/C16H23NO8/c1-10(2)12(18)23-8-6-17-15(21)24-9-16(3,4)14(20)25-11-5-7-22-13(11)19/h11H,1,5-9H2,2-4H3,(H,17,21). The molecule has 0 aromatic carbocycles. The summed E-state index contributed by atoms with van der Waals surface area (Å²) in [7, 11) is 0. The van der Waals surface area contributed by atoms with Gasteiger partial charge in [-0.2, -0.15) is 0 Å². The minimum Gasteiger partial charge on any atom is -0.463 e. The maximum absolute atomic E-state index is 12.1. The van der Waals surface area contributed by atoms with Gasteiger partial charge in [-0.1, -0.05) is 6.58 Å². The van der Waals surface area contributed by atoms with Crippen molar-refractivity contribution < 1.29 is 38.1 Å². The molecule has 1 aliphatic heterocycles. The average molecular weight is 357 g/mol. The van der Waals surface area contributed by atoms with Crippen molar-refractivity contribution in [3.05, 3.63) is 12.2 Å². The molecule has 1 aliphatic rings. The van der Waals surface area contributed by atoms with Gasteiger partial charge in [0.2, 0.25) is 6.10 Å². The minimum atomic E-state index is -1.13. The van der Waals surface area contributed by atoms with Gasteiger partial charge in [0.1, 0.15) is 13.2 Å². The lowest BCUT2D eigenvalue weighted by Gasteiger charge is -2.23. The number of ether oxygens (including phenoxy) is 4. The second-order valence-corrected chi connectivity index (χ2v) is 6.15. The molecule has 1 heterocycles. The molecule has 1 amide bonds. The molecule has 0 saturated carbocycles. The number of hydrogen-bond acceptors (Lipinski definition) is 8. The zero-order valence-corrected chi connectivity index (χ0v) is 14.6. The van der Waals surface area contributed by atoms with Crippen LogP contribution in [-0.2, 0) is 33.3 Å². The fraction of sp³-hybridized carbons (Fsp3) is 0.625. The second kappa shape index (κ2) is 9.05. The molecule has 9 heteroatoms. The predicted octanol–water partition coefficient (Wildman–Crippen LogP) is 0.717. The molecule has 0 aromatic rings. The van der Waals surface area contributed by atoms with Crippen molar-refractivity contribution in [3.63, 3.8) is 0 Å². The third-order valence-electron chi connectivity index (χ3n) is 3.21. The first-order chi connectivity index (χ1) is 11.6. The lowest BCUT2D eigenvalue weighted by atomic mass is 9.95. The zero-order valence-electron chi connectivity index (χ0n) is 14.6. The van der Waals surface area contributed by atoms with E-state index in [1.54, 1.807) is 0 Å². The number of carbonyl (C=O) groups is 4. The third kappa shape index (κ3) is 6.82. The van der Waals surface area contributed by atoms with E-state index in [1.807, 2.05) is 0 Å². The maximum Gasteiger partial charge on any atom is 0.407 e. The van der Waals surface area contributed by atoms with Gasteiger partial charge in [0.25, 0.3) is 0 Å². The summed E-state index contributed by atoms with van der Waals surface area (Å²) in [6.07, 6.45) is -1.37. The van der Waals surface area contributed by atoms with Gasteiger partial charge >= 0.3 is 24.0 Å². The molecule has 1 fully saturated rings. The van der Waals surface area contributed by atoms with E-state index in [0.717, 1.165) is 0 Å². The number of amides is 1. The summed E-state index contributed by atoms with van der Waals surface area (Å²) < 4.78 is 19.5. The number of rotatable bonds is 8. The van der Waals surface area contributed by atoms with E-state index in [4.69, 9.17) is 18.9 Å². The molecule has 140 valence electrons. The lowest BCUT2D eigenvalue weighted by Crippen LogP contribution is -2.38. The zero-order chi connectivity index (χ0) is 19.0. The lowest BCUT2D eigenvalue weighted by molar-refractivity contribution is -0.168. The summed E-state index contributed by atoms with van der Waals surface area (Å²) in [5.74, 6) is -1.80. The van der Waals surface area contributed by atoms with Crippen molar-refractivity contribution in [3.8, 4) is 0 Å². The van der Waals surface area contributed by atoms with Crippen LogP contribution in [0.1, 0.15) is 27.2 Å². The molecular formula is C16H23NO8. The summed E-state index contributed by atoms with van der Waals surface area (Å²) in [6.45, 7) is 7.97. The van der Waals surface area contributed by atoms with Crippen LogP contribution >= 0.6 is 0 Å². The van der Waals surface area contributed by atoms with E-state index in [2.05, 4.69) is 11.9 Å². The van der Waals surface area contributed by atoms with Crippen LogP contribution in [0.2, 0.25) is 0 Å². The molecule has 1 N–H and O–H groups in total. The van der Waals surface area contributed by atoms with Gasteiger partial charge in [0, 0.05) is 12.0 Å². The molecule has 1 atom stereocenters. The fourth-order valence-corrected chi connectivity index (χ4v) is 1.65. The van der Waals surface area contributed by atoms with Crippen LogP contribution in [-0.4, -0.2) is 56.5 Å². The van der Waals surface area contributed by atoms with Crippen LogP contribution in [0.3, 0.4) is 0 Å². The number of nitrogens with one attached hydrogen (secondary N) is 1. The van der Waals surface area contributed by atoms with Gasteiger partial charge in [0.05, 0.1) is 18.6 Å². The van der Waals surface area contributed by atoms with Crippen LogP contribution in [0.4, 0.5) is 4.79 Å². The highest BCUT2D eigenvalue weighted by atomic mass is 16.6. The molecule has 0 spiro atoms. The van der Waals surface area contributed by atoms with Crippen molar-refractivity contribution in [1.29, 1.82) is 0 Å². The molecule has 1 saturated heterocycles. The highest BCUT2D eigenvalue weighted by Crippen LogP contribution is 2.21. The van der Waals surface area contributed by atoms with Crippen molar-refractivity contribution in [2.45, 2.75) is 33.3 Å². The SMILES string of the molecule is C=C(C)C(=O)OCCNC(=O)OCC(C)(C)C(=O)OC1CCOC1=O. The number of hydrogen-bond donors (Lipinski definition) is 1. The molecule has 1 unspecified atom stereocenters. The molecule has 25 heavy (non-hydrogen) atoms. The van der Waals surface area contributed by atoms with Gasteiger partial charge in [-0.05, 0) is 20.8 Å². The minimum absolute atomic E-state index is 0.0317. The highest BCUT2D eigenvalue weighted by Gasteiger charge is 2.37. The van der Waals surface area contributed by atoms with Gasteiger partial charge in [0.15, 0.2) is 0 Å². The Kier molecular flexibility index (Phi) is 7.41. The summed E-state index contributed by atoms with van der Waals surface area (Å²) in [4.78, 5) is 46.1. The van der Waals surface area contributed by atoms with Crippen molar-refractivity contribution in [2.24, 2.45) is 5.41 Å². The van der Waals surface area contributed by atoms with Gasteiger partial charge in [-0.3, -0.25) is 4.79 Å². The van der Waals surface area contributed by atoms with Gasteiger partial charge in [-0.25, -0.2) is 14.4 Å². The quantitative estimate of drug-likeness (QED) is 0.292. The Balaban J connectivity index is 2.28. The summed E-state index contributed by atoms with van der Waals surface area (Å²) in [5.41, 5.74) is -0.874. The summed E-state index contributed by atoms with van der Waals surface area (Å²) in [5, 5.41) is 2.37. The van der Waals surface area contributed by atoms with Crippen molar-refractivity contribution >= 4 is 24.0 Å². The highest BCUT2D eigenvalue weighted by molar-refractivity contribution is 5.87. The normalized spacial score (nSPS) is 16.6. The van der Waals surface area contributed by atoms with Gasteiger partial charge < -0.3 is 24.3 Å². The average Bonchev–Trinajstić information content (AvgIpc) is 2.94. The Labute approximate surface area is 145 Å². The van der Waals surface area contributed by atoms with E-state index in [1.165, 1.54) is 20.8 Å². The topological polar surface area (TPSA) is 117 Å². The van der Waals surface area contributed by atoms with Crippen molar-refractivity contribution in [2.75, 3.05) is 26.4 Å². The van der Waals surface area contributed by atoms with Crippen LogP contribution in [0.25, 0.3) is 0 Å². The molecular weight excluding hydrogens is 334 g/mol. The van der Waals surface area contributed by atoms with E-state index < -0.39 is 35.5 Å². The molecule has 1 rings (SSSR count). The van der Waals surface area contributed by atoms with E-state index >= 15 is 0 Å². The molecule has 0 aromatic heterocycles. The smallest absolute Gasteiger partial charge is 0.407 e. The van der Waals surface area contributed by atoms with E-state index in [-0.39, 0.29) is 31.9 Å². The third-order valence-corrected chi connectivity index (χ3v) is 3.21. The number of esters is 3. The van der Waals surface area contributed by atoms with Crippen LogP contribution < -0.4 is 5.32 Å². The summed E-state index contributed by atoms with van der Waals surface area (Å²) >= 11 is 0. The summed E-state index contributed by atoms with van der Waals surface area (Å²) in [6, 6.07) is 0.